The number of pyridine rings is 1. The lowest BCUT2D eigenvalue weighted by atomic mass is 10.1. The molecule has 1 heterocycles. The normalized spacial score (nSPS) is 18.6. The molecule has 2 heteroatoms. The van der Waals surface area contributed by atoms with Gasteiger partial charge in [0.2, 0.25) is 0 Å². The first kappa shape index (κ1) is 8.70. The summed E-state index contributed by atoms with van der Waals surface area (Å²) in [7, 11) is 0. The van der Waals surface area contributed by atoms with Crippen LogP contribution < -0.4 is 5.32 Å². The van der Waals surface area contributed by atoms with Crippen molar-refractivity contribution in [2.75, 3.05) is 0 Å². The van der Waals surface area contributed by atoms with Crippen molar-refractivity contribution in [1.29, 1.82) is 0 Å². The topological polar surface area (TPSA) is 24.9 Å². The fourth-order valence-electron chi connectivity index (χ4n) is 1.49. The van der Waals surface area contributed by atoms with Gasteiger partial charge in [0, 0.05) is 18.3 Å². The third-order valence-corrected chi connectivity index (χ3v) is 2.44. The van der Waals surface area contributed by atoms with Gasteiger partial charge in [0.05, 0.1) is 5.69 Å². The van der Waals surface area contributed by atoms with Crippen molar-refractivity contribution in [2.45, 2.75) is 38.8 Å². The highest BCUT2D eigenvalue weighted by Crippen LogP contribution is 2.23. The van der Waals surface area contributed by atoms with Crippen LogP contribution in [-0.2, 0) is 0 Å². The summed E-state index contributed by atoms with van der Waals surface area (Å²) in [6.45, 7) is 4.29. The highest BCUT2D eigenvalue weighted by Gasteiger charge is 2.23. The number of aryl methyl sites for hydroxylation is 1. The molecule has 1 atom stereocenters. The van der Waals surface area contributed by atoms with Crippen molar-refractivity contribution in [3.05, 3.63) is 29.6 Å². The van der Waals surface area contributed by atoms with Crippen LogP contribution in [0.15, 0.2) is 18.3 Å². The minimum absolute atomic E-state index is 0.396. The molecule has 1 unspecified atom stereocenters. The first-order valence-electron chi connectivity index (χ1n) is 4.94. The maximum Gasteiger partial charge on any atom is 0.0573 e. The van der Waals surface area contributed by atoms with Gasteiger partial charge in [-0.15, -0.1) is 0 Å². The fourth-order valence-corrected chi connectivity index (χ4v) is 1.49. The lowest BCUT2D eigenvalue weighted by molar-refractivity contribution is 0.558. The first-order valence-corrected chi connectivity index (χ1v) is 4.94. The fraction of sp³-hybridized carbons (Fsp3) is 0.545. The molecule has 0 saturated heterocycles. The largest absolute Gasteiger partial charge is 0.306 e. The van der Waals surface area contributed by atoms with Gasteiger partial charge in [-0.1, -0.05) is 0 Å². The zero-order valence-electron chi connectivity index (χ0n) is 8.25. The van der Waals surface area contributed by atoms with Crippen molar-refractivity contribution in [3.8, 4) is 0 Å². The van der Waals surface area contributed by atoms with E-state index in [9.17, 15) is 0 Å². The van der Waals surface area contributed by atoms with Crippen LogP contribution in [0, 0.1) is 6.92 Å². The van der Waals surface area contributed by atoms with E-state index in [4.69, 9.17) is 0 Å². The molecule has 1 aromatic rings. The summed E-state index contributed by atoms with van der Waals surface area (Å²) in [6, 6.07) is 5.33. The zero-order chi connectivity index (χ0) is 9.26. The average Bonchev–Trinajstić information content (AvgIpc) is 2.88. The second kappa shape index (κ2) is 3.46. The number of hydrogen-bond donors (Lipinski definition) is 1. The number of aromatic nitrogens is 1. The second-order valence-electron chi connectivity index (χ2n) is 3.92. The quantitative estimate of drug-likeness (QED) is 0.763. The molecule has 1 saturated carbocycles. The Hall–Kier alpha value is -0.890. The Balaban J connectivity index is 2.04. The maximum atomic E-state index is 4.36. The molecular weight excluding hydrogens is 160 g/mol. The number of nitrogens with zero attached hydrogens (tertiary/aromatic N) is 1. The van der Waals surface area contributed by atoms with Gasteiger partial charge in [0.25, 0.3) is 0 Å². The first-order chi connectivity index (χ1) is 6.25. The van der Waals surface area contributed by atoms with Gasteiger partial charge in [-0.2, -0.15) is 0 Å². The highest BCUT2D eigenvalue weighted by molar-refractivity contribution is 5.17. The predicted molar refractivity (Wildman–Crippen MR) is 53.5 cm³/mol. The van der Waals surface area contributed by atoms with Crippen LogP contribution in [0.2, 0.25) is 0 Å². The van der Waals surface area contributed by atoms with Crippen LogP contribution in [0.25, 0.3) is 0 Å². The molecule has 0 spiro atoms. The Labute approximate surface area is 79.4 Å². The number of hydrogen-bond acceptors (Lipinski definition) is 2. The van der Waals surface area contributed by atoms with Gasteiger partial charge in [-0.3, -0.25) is 4.98 Å². The second-order valence-corrected chi connectivity index (χ2v) is 3.92. The minimum atomic E-state index is 0.396. The van der Waals surface area contributed by atoms with E-state index in [1.54, 1.807) is 0 Å². The summed E-state index contributed by atoms with van der Waals surface area (Å²) in [5.74, 6) is 0. The summed E-state index contributed by atoms with van der Waals surface area (Å²) in [5, 5.41) is 3.53. The SMILES string of the molecule is Cc1ccnc(C(C)NC2CC2)c1. The Morgan fingerprint density at radius 1 is 1.54 bits per heavy atom. The van der Waals surface area contributed by atoms with Gasteiger partial charge in [-0.05, 0) is 44.4 Å². The summed E-state index contributed by atoms with van der Waals surface area (Å²) >= 11 is 0. The lowest BCUT2D eigenvalue weighted by Crippen LogP contribution is -2.21. The smallest absolute Gasteiger partial charge is 0.0573 e. The van der Waals surface area contributed by atoms with E-state index in [2.05, 4.69) is 30.2 Å². The van der Waals surface area contributed by atoms with Crippen molar-refractivity contribution >= 4 is 0 Å². The molecular formula is C11H16N2. The van der Waals surface area contributed by atoms with Crippen molar-refractivity contribution in [2.24, 2.45) is 0 Å². The molecule has 13 heavy (non-hydrogen) atoms. The number of rotatable bonds is 3. The van der Waals surface area contributed by atoms with Gasteiger partial charge in [-0.25, -0.2) is 0 Å². The van der Waals surface area contributed by atoms with Gasteiger partial charge < -0.3 is 5.32 Å². The van der Waals surface area contributed by atoms with Crippen LogP contribution >= 0.6 is 0 Å². The van der Waals surface area contributed by atoms with Crippen molar-refractivity contribution in [1.82, 2.24) is 10.3 Å². The molecule has 1 aliphatic rings. The van der Waals surface area contributed by atoms with Crippen LogP contribution in [0.1, 0.15) is 37.1 Å². The Bertz CT molecular complexity index is 292. The highest BCUT2D eigenvalue weighted by atomic mass is 15.0. The Morgan fingerprint density at radius 2 is 2.31 bits per heavy atom. The lowest BCUT2D eigenvalue weighted by Gasteiger charge is -2.12. The summed E-state index contributed by atoms with van der Waals surface area (Å²) in [5.41, 5.74) is 2.45. The molecule has 1 fully saturated rings. The molecule has 0 amide bonds. The van der Waals surface area contributed by atoms with E-state index in [0.717, 1.165) is 11.7 Å². The minimum Gasteiger partial charge on any atom is -0.306 e. The molecule has 70 valence electrons. The monoisotopic (exact) mass is 176 g/mol. The third-order valence-electron chi connectivity index (χ3n) is 2.44. The van der Waals surface area contributed by atoms with E-state index in [1.807, 2.05) is 12.3 Å². The van der Waals surface area contributed by atoms with Gasteiger partial charge in [0.1, 0.15) is 0 Å². The van der Waals surface area contributed by atoms with Gasteiger partial charge in [0.15, 0.2) is 0 Å². The summed E-state index contributed by atoms with van der Waals surface area (Å²) in [6.07, 6.45) is 4.54. The molecule has 2 rings (SSSR count). The third kappa shape index (κ3) is 2.28. The molecule has 2 nitrogen and oxygen atoms in total. The molecule has 1 aliphatic carbocycles. The van der Waals surface area contributed by atoms with Crippen LogP contribution in [0.5, 0.6) is 0 Å². The van der Waals surface area contributed by atoms with E-state index in [0.29, 0.717) is 6.04 Å². The molecule has 0 bridgehead atoms. The average molecular weight is 176 g/mol. The van der Waals surface area contributed by atoms with E-state index >= 15 is 0 Å². The molecule has 1 N–H and O–H groups in total. The molecule has 0 radical (unpaired) electrons. The molecule has 0 aliphatic heterocycles. The molecule has 0 aromatic carbocycles. The van der Waals surface area contributed by atoms with E-state index in [-0.39, 0.29) is 0 Å². The maximum absolute atomic E-state index is 4.36. The van der Waals surface area contributed by atoms with E-state index < -0.39 is 0 Å². The molecule has 1 aromatic heterocycles. The Morgan fingerprint density at radius 3 is 2.92 bits per heavy atom. The van der Waals surface area contributed by atoms with Crippen molar-refractivity contribution in [3.63, 3.8) is 0 Å². The van der Waals surface area contributed by atoms with E-state index in [1.165, 1.54) is 18.4 Å². The zero-order valence-corrected chi connectivity index (χ0v) is 8.25. The van der Waals surface area contributed by atoms with Crippen LogP contribution in [0.3, 0.4) is 0 Å². The Kier molecular flexibility index (Phi) is 2.32. The van der Waals surface area contributed by atoms with Crippen LogP contribution in [0.4, 0.5) is 0 Å². The van der Waals surface area contributed by atoms with Gasteiger partial charge >= 0.3 is 0 Å². The predicted octanol–water partition coefficient (Wildman–Crippen LogP) is 2.20. The van der Waals surface area contributed by atoms with Crippen molar-refractivity contribution < 1.29 is 0 Å². The number of nitrogens with one attached hydrogen (secondary N) is 1. The summed E-state index contributed by atoms with van der Waals surface area (Å²) in [4.78, 5) is 4.36. The summed E-state index contributed by atoms with van der Waals surface area (Å²) < 4.78 is 0. The van der Waals surface area contributed by atoms with Crippen LogP contribution in [-0.4, -0.2) is 11.0 Å². The standard InChI is InChI=1S/C11H16N2/c1-8-5-6-12-11(7-8)9(2)13-10-3-4-10/h5-7,9-10,13H,3-4H2,1-2H3.